The van der Waals surface area contributed by atoms with Crippen LogP contribution in [0.1, 0.15) is 26.3 Å². The molecule has 18 heavy (non-hydrogen) atoms. The van der Waals surface area contributed by atoms with Gasteiger partial charge < -0.3 is 14.9 Å². The third-order valence-electron chi connectivity index (χ3n) is 3.08. The number of benzene rings is 1. The maximum Gasteiger partial charge on any atom is 0.307 e. The van der Waals surface area contributed by atoms with E-state index in [2.05, 4.69) is 0 Å². The first-order valence-electron chi connectivity index (χ1n) is 5.98. The minimum Gasteiger partial charge on any atom is -0.490 e. The molecule has 0 aliphatic rings. The van der Waals surface area contributed by atoms with Crippen molar-refractivity contribution in [3.8, 4) is 5.75 Å². The van der Waals surface area contributed by atoms with Gasteiger partial charge in [0.25, 0.3) is 0 Å². The molecule has 0 radical (unpaired) electrons. The normalized spacial score (nSPS) is 14.3. The fourth-order valence-electron chi connectivity index (χ4n) is 1.34. The molecule has 0 bridgehead atoms. The molecule has 0 fully saturated rings. The highest BCUT2D eigenvalue weighted by molar-refractivity contribution is 5.71. The zero-order chi connectivity index (χ0) is 13.8. The Hall–Kier alpha value is -1.55. The fourth-order valence-corrected chi connectivity index (χ4v) is 1.34. The van der Waals surface area contributed by atoms with Gasteiger partial charge >= 0.3 is 5.97 Å². The van der Waals surface area contributed by atoms with Gasteiger partial charge in [0, 0.05) is 5.56 Å². The average Bonchev–Trinajstić information content (AvgIpc) is 2.27. The molecule has 100 valence electrons. The van der Waals surface area contributed by atoms with Crippen LogP contribution in [0.25, 0.3) is 0 Å². The van der Waals surface area contributed by atoms with Crippen LogP contribution < -0.4 is 4.74 Å². The monoisotopic (exact) mass is 252 g/mol. The van der Waals surface area contributed by atoms with E-state index < -0.39 is 11.6 Å². The molecule has 1 unspecified atom stereocenters. The summed E-state index contributed by atoms with van der Waals surface area (Å²) >= 11 is 0. The van der Waals surface area contributed by atoms with Crippen LogP contribution in [-0.2, 0) is 11.2 Å². The van der Waals surface area contributed by atoms with Gasteiger partial charge in [-0.1, -0.05) is 32.0 Å². The number of aliphatic carboxylic acids is 1. The summed E-state index contributed by atoms with van der Waals surface area (Å²) in [5.41, 5.74) is -0.319. The molecule has 0 amide bonds. The number of carboxylic acids is 1. The lowest BCUT2D eigenvalue weighted by Crippen LogP contribution is -2.38. The largest absolute Gasteiger partial charge is 0.490 e. The van der Waals surface area contributed by atoms with Crippen molar-refractivity contribution in [3.63, 3.8) is 0 Å². The molecule has 0 aliphatic heterocycles. The summed E-state index contributed by atoms with van der Waals surface area (Å²) in [6, 6.07) is 6.98. The first kappa shape index (κ1) is 14.5. The van der Waals surface area contributed by atoms with Crippen molar-refractivity contribution in [3.05, 3.63) is 29.8 Å². The highest BCUT2D eigenvalue weighted by Gasteiger charge is 2.26. The van der Waals surface area contributed by atoms with E-state index in [0.717, 1.165) is 0 Å². The van der Waals surface area contributed by atoms with Gasteiger partial charge in [0.05, 0.1) is 12.0 Å². The fraction of sp³-hybridized carbons (Fsp3) is 0.500. The molecule has 0 saturated heterocycles. The predicted molar refractivity (Wildman–Crippen MR) is 68.7 cm³/mol. The molecule has 0 spiro atoms. The van der Waals surface area contributed by atoms with E-state index in [1.54, 1.807) is 31.2 Å². The van der Waals surface area contributed by atoms with E-state index in [1.165, 1.54) is 0 Å². The maximum absolute atomic E-state index is 10.7. The molecule has 4 nitrogen and oxygen atoms in total. The quantitative estimate of drug-likeness (QED) is 0.813. The summed E-state index contributed by atoms with van der Waals surface area (Å²) in [7, 11) is 0. The summed E-state index contributed by atoms with van der Waals surface area (Å²) in [4.78, 5) is 10.7. The van der Waals surface area contributed by atoms with Gasteiger partial charge in [-0.2, -0.15) is 0 Å². The van der Waals surface area contributed by atoms with E-state index in [4.69, 9.17) is 9.84 Å². The van der Waals surface area contributed by atoms with Crippen molar-refractivity contribution in [1.29, 1.82) is 0 Å². The van der Waals surface area contributed by atoms with Crippen LogP contribution in [0, 0.1) is 5.92 Å². The van der Waals surface area contributed by atoms with Crippen LogP contribution in [0.3, 0.4) is 0 Å². The van der Waals surface area contributed by atoms with Crippen LogP contribution in [0.2, 0.25) is 0 Å². The van der Waals surface area contributed by atoms with Crippen molar-refractivity contribution in [1.82, 2.24) is 0 Å². The Bertz CT molecular complexity index is 410. The number of rotatable bonds is 6. The van der Waals surface area contributed by atoms with Crippen molar-refractivity contribution in [2.75, 3.05) is 6.61 Å². The molecule has 4 heteroatoms. The Balaban J connectivity index is 2.76. The lowest BCUT2D eigenvalue weighted by molar-refractivity contribution is -0.136. The zero-order valence-corrected chi connectivity index (χ0v) is 11.0. The Morgan fingerprint density at radius 3 is 2.56 bits per heavy atom. The summed E-state index contributed by atoms with van der Waals surface area (Å²) in [5, 5.41) is 18.9. The van der Waals surface area contributed by atoms with Gasteiger partial charge in [-0.05, 0) is 18.9 Å². The number of carboxylic acid groups (broad SMARTS) is 1. The molecule has 2 N–H and O–H groups in total. The molecule has 1 atom stereocenters. The predicted octanol–water partition coefficient (Wildman–Crippen LogP) is 2.10. The second kappa shape index (κ2) is 5.87. The van der Waals surface area contributed by atoms with E-state index in [-0.39, 0.29) is 18.9 Å². The van der Waals surface area contributed by atoms with Crippen molar-refractivity contribution in [2.45, 2.75) is 32.8 Å². The Kier molecular flexibility index (Phi) is 4.73. The smallest absolute Gasteiger partial charge is 0.307 e. The molecular formula is C14H20O4. The topological polar surface area (TPSA) is 66.8 Å². The number of hydrogen-bond acceptors (Lipinski definition) is 3. The number of aliphatic hydroxyl groups is 1. The molecule has 1 aromatic carbocycles. The van der Waals surface area contributed by atoms with E-state index in [9.17, 15) is 9.90 Å². The van der Waals surface area contributed by atoms with Crippen LogP contribution in [0.15, 0.2) is 24.3 Å². The zero-order valence-electron chi connectivity index (χ0n) is 11.0. The molecule has 0 aromatic heterocycles. The second-order valence-electron chi connectivity index (χ2n) is 4.98. The minimum absolute atomic E-state index is 0.0594. The standard InChI is InChI=1S/C14H20O4/c1-10(2)14(3,17)9-18-12-7-5-4-6-11(12)8-13(15)16/h4-7,10,17H,8-9H2,1-3H3,(H,15,16). The van der Waals surface area contributed by atoms with Gasteiger partial charge in [0.1, 0.15) is 12.4 Å². The van der Waals surface area contributed by atoms with Crippen molar-refractivity contribution in [2.24, 2.45) is 5.92 Å². The van der Waals surface area contributed by atoms with Crippen molar-refractivity contribution >= 4 is 5.97 Å². The van der Waals surface area contributed by atoms with Gasteiger partial charge in [-0.15, -0.1) is 0 Å². The molecule has 1 aromatic rings. The van der Waals surface area contributed by atoms with Gasteiger partial charge in [0.2, 0.25) is 0 Å². The van der Waals surface area contributed by atoms with E-state index in [1.807, 2.05) is 13.8 Å². The number of ether oxygens (including phenoxy) is 1. The lowest BCUT2D eigenvalue weighted by Gasteiger charge is -2.27. The van der Waals surface area contributed by atoms with Crippen LogP contribution in [-0.4, -0.2) is 28.4 Å². The Labute approximate surface area is 107 Å². The minimum atomic E-state index is -0.934. The number of hydrogen-bond donors (Lipinski definition) is 2. The lowest BCUT2D eigenvalue weighted by atomic mass is 9.94. The SMILES string of the molecule is CC(C)C(C)(O)COc1ccccc1CC(=O)O. The Morgan fingerprint density at radius 2 is 2.00 bits per heavy atom. The third-order valence-corrected chi connectivity index (χ3v) is 3.08. The van der Waals surface area contributed by atoms with Gasteiger partial charge in [-0.25, -0.2) is 0 Å². The molecule has 1 rings (SSSR count). The molecular weight excluding hydrogens is 232 g/mol. The highest BCUT2D eigenvalue weighted by atomic mass is 16.5. The summed E-state index contributed by atoms with van der Waals surface area (Å²) < 4.78 is 5.55. The van der Waals surface area contributed by atoms with Crippen LogP contribution in [0.5, 0.6) is 5.75 Å². The summed E-state index contributed by atoms with van der Waals surface area (Å²) in [6.45, 7) is 5.66. The van der Waals surface area contributed by atoms with Gasteiger partial charge in [0.15, 0.2) is 0 Å². The number of para-hydroxylation sites is 1. The van der Waals surface area contributed by atoms with Crippen molar-refractivity contribution < 1.29 is 19.7 Å². The van der Waals surface area contributed by atoms with Crippen LogP contribution >= 0.6 is 0 Å². The maximum atomic E-state index is 10.7. The molecule has 0 saturated carbocycles. The first-order valence-corrected chi connectivity index (χ1v) is 5.98. The molecule has 0 aliphatic carbocycles. The number of carbonyl (C=O) groups is 1. The van der Waals surface area contributed by atoms with E-state index >= 15 is 0 Å². The molecule has 0 heterocycles. The average molecular weight is 252 g/mol. The summed E-state index contributed by atoms with van der Waals surface area (Å²) in [5.74, 6) is -0.327. The highest BCUT2D eigenvalue weighted by Crippen LogP contribution is 2.22. The van der Waals surface area contributed by atoms with Crippen LogP contribution in [0.4, 0.5) is 0 Å². The van der Waals surface area contributed by atoms with E-state index in [0.29, 0.717) is 11.3 Å². The first-order chi connectivity index (χ1) is 8.33. The van der Waals surface area contributed by atoms with Gasteiger partial charge in [-0.3, -0.25) is 4.79 Å². The Morgan fingerprint density at radius 1 is 1.39 bits per heavy atom. The second-order valence-corrected chi connectivity index (χ2v) is 4.98. The summed E-state index contributed by atoms with van der Waals surface area (Å²) in [6.07, 6.45) is -0.0833. The third kappa shape index (κ3) is 4.04.